The topological polar surface area (TPSA) is 80.0 Å². The number of amides is 1. The molecular formula is C19H21ClN4O2. The summed E-state index contributed by atoms with van der Waals surface area (Å²) in [5.74, 6) is 2.71. The molecule has 6 rings (SSSR count). The summed E-state index contributed by atoms with van der Waals surface area (Å²) in [5.41, 5.74) is 6.23. The maximum atomic E-state index is 12.9. The van der Waals surface area contributed by atoms with Crippen LogP contribution in [0.2, 0.25) is 5.02 Å². The van der Waals surface area contributed by atoms with Crippen molar-refractivity contribution < 1.29 is 9.32 Å². The Morgan fingerprint density at radius 3 is 2.31 bits per heavy atom. The maximum absolute atomic E-state index is 12.9. The summed E-state index contributed by atoms with van der Waals surface area (Å²) in [7, 11) is 0. The van der Waals surface area contributed by atoms with E-state index in [1.54, 1.807) is 12.1 Å². The average Bonchev–Trinajstić information content (AvgIpc) is 3.08. The van der Waals surface area contributed by atoms with Crippen LogP contribution in [0.5, 0.6) is 0 Å². The predicted molar refractivity (Wildman–Crippen MR) is 97.1 cm³/mol. The van der Waals surface area contributed by atoms with Crippen molar-refractivity contribution in [3.05, 3.63) is 29.3 Å². The monoisotopic (exact) mass is 372 g/mol. The van der Waals surface area contributed by atoms with Crippen molar-refractivity contribution in [3.8, 4) is 11.4 Å². The van der Waals surface area contributed by atoms with Crippen LogP contribution in [0.1, 0.15) is 38.5 Å². The fraction of sp³-hybridized carbons (Fsp3) is 0.526. The molecule has 0 saturated heterocycles. The molecule has 4 aliphatic rings. The van der Waals surface area contributed by atoms with Crippen LogP contribution in [-0.2, 0) is 4.79 Å². The molecule has 0 unspecified atom stereocenters. The van der Waals surface area contributed by atoms with Crippen molar-refractivity contribution in [2.75, 3.05) is 5.43 Å². The van der Waals surface area contributed by atoms with Crippen LogP contribution in [0, 0.1) is 23.2 Å². The second-order valence-corrected chi connectivity index (χ2v) is 8.64. The van der Waals surface area contributed by atoms with Gasteiger partial charge in [0.15, 0.2) is 0 Å². The van der Waals surface area contributed by atoms with Gasteiger partial charge in [0.05, 0.1) is 5.41 Å². The van der Waals surface area contributed by atoms with E-state index in [4.69, 9.17) is 16.1 Å². The highest BCUT2D eigenvalue weighted by molar-refractivity contribution is 6.30. The molecule has 1 aromatic heterocycles. The summed E-state index contributed by atoms with van der Waals surface area (Å²) >= 11 is 5.89. The first-order valence-corrected chi connectivity index (χ1v) is 9.63. The minimum absolute atomic E-state index is 0.0721. The van der Waals surface area contributed by atoms with Crippen LogP contribution in [0.3, 0.4) is 0 Å². The first-order valence-electron chi connectivity index (χ1n) is 9.26. The molecule has 26 heavy (non-hydrogen) atoms. The lowest BCUT2D eigenvalue weighted by atomic mass is 9.49. The van der Waals surface area contributed by atoms with Crippen LogP contribution in [0.4, 0.5) is 6.01 Å². The van der Waals surface area contributed by atoms with Gasteiger partial charge in [-0.25, -0.2) is 5.43 Å². The fourth-order valence-electron chi connectivity index (χ4n) is 5.62. The number of hydrogen-bond donors (Lipinski definition) is 2. The largest absolute Gasteiger partial charge is 0.340 e. The van der Waals surface area contributed by atoms with Crippen LogP contribution in [0.15, 0.2) is 28.8 Å². The Morgan fingerprint density at radius 1 is 1.08 bits per heavy atom. The first-order chi connectivity index (χ1) is 12.6. The Labute approximate surface area is 156 Å². The number of carbonyl (C=O) groups is 1. The van der Waals surface area contributed by atoms with E-state index in [-0.39, 0.29) is 17.3 Å². The van der Waals surface area contributed by atoms with Crippen molar-refractivity contribution in [3.63, 3.8) is 0 Å². The summed E-state index contributed by atoms with van der Waals surface area (Å²) in [5, 5.41) is 4.59. The summed E-state index contributed by atoms with van der Waals surface area (Å²) in [6.07, 6.45) is 7.00. The number of anilines is 1. The average molecular weight is 373 g/mol. The third-order valence-corrected chi connectivity index (χ3v) is 6.58. The zero-order valence-corrected chi connectivity index (χ0v) is 15.1. The normalized spacial score (nSPS) is 31.8. The van der Waals surface area contributed by atoms with Crippen molar-refractivity contribution >= 4 is 23.5 Å². The number of hydrogen-bond acceptors (Lipinski definition) is 5. The second-order valence-electron chi connectivity index (χ2n) is 8.21. The molecule has 4 aliphatic carbocycles. The van der Waals surface area contributed by atoms with E-state index in [9.17, 15) is 4.79 Å². The highest BCUT2D eigenvalue weighted by Crippen LogP contribution is 2.60. The van der Waals surface area contributed by atoms with Crippen LogP contribution in [0.25, 0.3) is 11.4 Å². The van der Waals surface area contributed by atoms with Gasteiger partial charge >= 0.3 is 6.01 Å². The van der Waals surface area contributed by atoms with Gasteiger partial charge in [0.25, 0.3) is 0 Å². The van der Waals surface area contributed by atoms with Crippen molar-refractivity contribution in [1.29, 1.82) is 0 Å². The zero-order chi connectivity index (χ0) is 17.7. The number of aromatic nitrogens is 2. The van der Waals surface area contributed by atoms with E-state index in [1.165, 1.54) is 19.3 Å². The summed E-state index contributed by atoms with van der Waals surface area (Å²) in [6.45, 7) is 0. The Bertz CT molecular complexity index is 797. The molecule has 4 fully saturated rings. The van der Waals surface area contributed by atoms with Gasteiger partial charge in [-0.3, -0.25) is 10.2 Å². The Hall–Kier alpha value is -2.08. The lowest BCUT2D eigenvalue weighted by molar-refractivity contribution is -0.145. The number of halogens is 1. The fourth-order valence-corrected chi connectivity index (χ4v) is 5.75. The minimum atomic E-state index is -0.208. The van der Waals surface area contributed by atoms with Crippen LogP contribution >= 0.6 is 11.6 Å². The van der Waals surface area contributed by atoms with Gasteiger partial charge in [-0.1, -0.05) is 16.8 Å². The van der Waals surface area contributed by atoms with E-state index in [2.05, 4.69) is 21.0 Å². The maximum Gasteiger partial charge on any atom is 0.340 e. The SMILES string of the molecule is O=C(NNc1nc(-c2ccc(Cl)cc2)no1)C12CC3CC(CC(C3)C1)C2. The molecule has 136 valence electrons. The van der Waals surface area contributed by atoms with Crippen molar-refractivity contribution in [1.82, 2.24) is 15.6 Å². The molecule has 7 heteroatoms. The highest BCUT2D eigenvalue weighted by Gasteiger charge is 2.54. The molecule has 0 radical (unpaired) electrons. The molecule has 2 N–H and O–H groups in total. The number of benzene rings is 1. The minimum Gasteiger partial charge on any atom is -0.313 e. The summed E-state index contributed by atoms with van der Waals surface area (Å²) in [4.78, 5) is 17.2. The van der Waals surface area contributed by atoms with Crippen molar-refractivity contribution in [2.24, 2.45) is 23.2 Å². The molecule has 1 heterocycles. The second kappa shape index (κ2) is 5.98. The number of rotatable bonds is 4. The van der Waals surface area contributed by atoms with Gasteiger partial charge in [0, 0.05) is 10.6 Å². The van der Waals surface area contributed by atoms with Gasteiger partial charge in [-0.05, 0) is 80.5 Å². The molecule has 4 saturated carbocycles. The molecule has 0 atom stereocenters. The van der Waals surface area contributed by atoms with Crippen LogP contribution in [-0.4, -0.2) is 16.0 Å². The lowest BCUT2D eigenvalue weighted by Gasteiger charge is -2.55. The number of nitrogens with one attached hydrogen (secondary N) is 2. The van der Waals surface area contributed by atoms with Gasteiger partial charge in [0.2, 0.25) is 11.7 Å². The molecule has 0 spiro atoms. The van der Waals surface area contributed by atoms with E-state index in [1.807, 2.05) is 12.1 Å². The third kappa shape index (κ3) is 2.76. The van der Waals surface area contributed by atoms with E-state index in [0.29, 0.717) is 10.8 Å². The molecule has 6 nitrogen and oxygen atoms in total. The Balaban J connectivity index is 1.25. The smallest absolute Gasteiger partial charge is 0.313 e. The third-order valence-electron chi connectivity index (χ3n) is 6.33. The standard InChI is InChI=1S/C19H21ClN4O2/c20-15-3-1-14(2-4-15)16-21-18(26-24-16)23-22-17(25)19-8-11-5-12(9-19)7-13(6-11)10-19/h1-4,11-13H,5-10H2,(H,22,25)(H,21,23,24). The van der Waals surface area contributed by atoms with Gasteiger partial charge in [-0.2, -0.15) is 4.98 Å². The Morgan fingerprint density at radius 2 is 1.69 bits per heavy atom. The van der Waals surface area contributed by atoms with E-state index >= 15 is 0 Å². The van der Waals surface area contributed by atoms with E-state index in [0.717, 1.165) is 42.6 Å². The Kier molecular flexibility index (Phi) is 3.71. The molecule has 1 amide bonds. The number of carbonyl (C=O) groups excluding carboxylic acids is 1. The predicted octanol–water partition coefficient (Wildman–Crippen LogP) is 4.05. The van der Waals surface area contributed by atoms with Crippen LogP contribution < -0.4 is 10.9 Å². The number of nitrogens with zero attached hydrogens (tertiary/aromatic N) is 2. The molecular weight excluding hydrogens is 352 g/mol. The highest BCUT2D eigenvalue weighted by atomic mass is 35.5. The van der Waals surface area contributed by atoms with E-state index < -0.39 is 0 Å². The number of hydrazine groups is 1. The van der Waals surface area contributed by atoms with Gasteiger partial charge in [-0.15, -0.1) is 0 Å². The zero-order valence-electron chi connectivity index (χ0n) is 14.4. The molecule has 2 aromatic rings. The first kappa shape index (κ1) is 16.1. The van der Waals surface area contributed by atoms with Gasteiger partial charge in [0.1, 0.15) is 0 Å². The molecule has 0 aliphatic heterocycles. The lowest BCUT2D eigenvalue weighted by Crippen LogP contribution is -2.54. The quantitative estimate of drug-likeness (QED) is 0.791. The molecule has 1 aromatic carbocycles. The molecule has 4 bridgehead atoms. The van der Waals surface area contributed by atoms with Gasteiger partial charge < -0.3 is 4.52 Å². The van der Waals surface area contributed by atoms with Crippen molar-refractivity contribution in [2.45, 2.75) is 38.5 Å². The summed E-state index contributed by atoms with van der Waals surface area (Å²) in [6, 6.07) is 7.38. The summed E-state index contributed by atoms with van der Waals surface area (Å²) < 4.78 is 5.20.